The lowest BCUT2D eigenvalue weighted by Gasteiger charge is -2.07. The van der Waals surface area contributed by atoms with Crippen molar-refractivity contribution in [2.75, 3.05) is 10.7 Å². The van der Waals surface area contributed by atoms with Gasteiger partial charge in [0.05, 0.1) is 23.8 Å². The third-order valence-electron chi connectivity index (χ3n) is 2.27. The number of nitrogen functional groups attached to an aromatic ring is 1. The van der Waals surface area contributed by atoms with E-state index in [0.29, 0.717) is 11.5 Å². The number of aromatic nitrogens is 3. The molecule has 2 aromatic rings. The number of nitrogens with one attached hydrogen (secondary N) is 2. The lowest BCUT2D eigenvalue weighted by molar-refractivity contribution is 0.102. The summed E-state index contributed by atoms with van der Waals surface area (Å²) in [6.07, 6.45) is 4.44. The molecular weight excluding hydrogens is 232 g/mol. The highest BCUT2D eigenvalue weighted by atomic mass is 16.1. The highest BCUT2D eigenvalue weighted by Gasteiger charge is 2.10. The SMILES string of the molecule is Cc1ncccc1NC(=O)c1cncc(NN)n1. The van der Waals surface area contributed by atoms with Gasteiger partial charge in [-0.05, 0) is 19.1 Å². The van der Waals surface area contributed by atoms with Gasteiger partial charge in [0, 0.05) is 6.20 Å². The smallest absolute Gasteiger partial charge is 0.276 e. The second-order valence-corrected chi connectivity index (χ2v) is 3.52. The Morgan fingerprint density at radius 1 is 1.39 bits per heavy atom. The van der Waals surface area contributed by atoms with Crippen molar-refractivity contribution in [3.8, 4) is 0 Å². The minimum atomic E-state index is -0.365. The predicted octanol–water partition coefficient (Wildman–Crippen LogP) is 0.718. The molecule has 0 saturated heterocycles. The molecule has 0 spiro atoms. The van der Waals surface area contributed by atoms with Gasteiger partial charge in [0.1, 0.15) is 5.69 Å². The molecule has 0 aliphatic carbocycles. The van der Waals surface area contributed by atoms with E-state index in [1.54, 1.807) is 25.3 Å². The van der Waals surface area contributed by atoms with Crippen LogP contribution in [0, 0.1) is 6.92 Å². The number of pyridine rings is 1. The van der Waals surface area contributed by atoms with Gasteiger partial charge < -0.3 is 10.7 Å². The molecule has 7 nitrogen and oxygen atoms in total. The maximum absolute atomic E-state index is 11.9. The van der Waals surface area contributed by atoms with Crippen LogP contribution in [0.1, 0.15) is 16.2 Å². The fourth-order valence-electron chi connectivity index (χ4n) is 1.35. The number of carbonyl (C=O) groups is 1. The van der Waals surface area contributed by atoms with Crippen molar-refractivity contribution in [3.05, 3.63) is 42.1 Å². The first kappa shape index (κ1) is 11.9. The van der Waals surface area contributed by atoms with Crippen molar-refractivity contribution in [2.24, 2.45) is 5.84 Å². The first-order valence-electron chi connectivity index (χ1n) is 5.22. The molecule has 7 heteroatoms. The van der Waals surface area contributed by atoms with E-state index in [1.807, 2.05) is 0 Å². The second kappa shape index (κ2) is 5.19. The standard InChI is InChI=1S/C11H12N6O/c1-7-8(3-2-4-14-7)16-11(18)9-5-13-6-10(15-9)17-12/h2-6H,12H2,1H3,(H,15,17)(H,16,18). The fourth-order valence-corrected chi connectivity index (χ4v) is 1.35. The number of nitrogens with two attached hydrogens (primary N) is 1. The van der Waals surface area contributed by atoms with Crippen molar-refractivity contribution in [2.45, 2.75) is 6.92 Å². The molecule has 0 aliphatic heterocycles. The van der Waals surface area contributed by atoms with Gasteiger partial charge in [0.15, 0.2) is 5.82 Å². The average molecular weight is 244 g/mol. The summed E-state index contributed by atoms with van der Waals surface area (Å²) in [4.78, 5) is 23.8. The minimum Gasteiger partial charge on any atom is -0.319 e. The second-order valence-electron chi connectivity index (χ2n) is 3.52. The lowest BCUT2D eigenvalue weighted by Crippen LogP contribution is -2.17. The van der Waals surface area contributed by atoms with Gasteiger partial charge in [-0.25, -0.2) is 10.8 Å². The summed E-state index contributed by atoms with van der Waals surface area (Å²) in [7, 11) is 0. The number of hydrogen-bond acceptors (Lipinski definition) is 6. The molecule has 2 aromatic heterocycles. The Labute approximate surface area is 103 Å². The number of nitrogens with zero attached hydrogens (tertiary/aromatic N) is 3. The molecular formula is C11H12N6O. The molecule has 0 aliphatic rings. The van der Waals surface area contributed by atoms with E-state index >= 15 is 0 Å². The van der Waals surface area contributed by atoms with Crippen LogP contribution in [0.3, 0.4) is 0 Å². The van der Waals surface area contributed by atoms with Crippen LogP contribution in [-0.4, -0.2) is 20.9 Å². The Balaban J connectivity index is 2.19. The maximum Gasteiger partial charge on any atom is 0.276 e. The largest absolute Gasteiger partial charge is 0.319 e. The summed E-state index contributed by atoms with van der Waals surface area (Å²) < 4.78 is 0. The molecule has 0 unspecified atom stereocenters. The van der Waals surface area contributed by atoms with Crippen molar-refractivity contribution < 1.29 is 4.79 Å². The van der Waals surface area contributed by atoms with Gasteiger partial charge in [-0.1, -0.05) is 0 Å². The van der Waals surface area contributed by atoms with Crippen molar-refractivity contribution >= 4 is 17.4 Å². The summed E-state index contributed by atoms with van der Waals surface area (Å²) in [5.74, 6) is 5.16. The van der Waals surface area contributed by atoms with Crippen LogP contribution in [0.15, 0.2) is 30.7 Å². The van der Waals surface area contributed by atoms with Gasteiger partial charge in [0.25, 0.3) is 5.91 Å². The van der Waals surface area contributed by atoms with Gasteiger partial charge in [-0.3, -0.25) is 14.8 Å². The summed E-state index contributed by atoms with van der Waals surface area (Å²) in [5.41, 5.74) is 3.87. The van der Waals surface area contributed by atoms with E-state index in [1.165, 1.54) is 12.4 Å². The molecule has 0 radical (unpaired) electrons. The summed E-state index contributed by atoms with van der Waals surface area (Å²) in [5, 5.41) is 2.71. The van der Waals surface area contributed by atoms with E-state index in [9.17, 15) is 4.79 Å². The summed E-state index contributed by atoms with van der Waals surface area (Å²) in [6.45, 7) is 1.80. The van der Waals surface area contributed by atoms with E-state index in [-0.39, 0.29) is 11.6 Å². The molecule has 0 atom stereocenters. The molecule has 0 saturated carbocycles. The monoisotopic (exact) mass is 244 g/mol. The van der Waals surface area contributed by atoms with Crippen LogP contribution in [0.4, 0.5) is 11.5 Å². The highest BCUT2D eigenvalue weighted by Crippen LogP contribution is 2.11. The fraction of sp³-hybridized carbons (Fsp3) is 0.0909. The van der Waals surface area contributed by atoms with Crippen LogP contribution in [0.2, 0.25) is 0 Å². The zero-order chi connectivity index (χ0) is 13.0. The third kappa shape index (κ3) is 2.58. The number of aryl methyl sites for hydroxylation is 1. The summed E-state index contributed by atoms with van der Waals surface area (Å²) in [6, 6.07) is 3.50. The van der Waals surface area contributed by atoms with Gasteiger partial charge >= 0.3 is 0 Å². The van der Waals surface area contributed by atoms with E-state index < -0.39 is 0 Å². The van der Waals surface area contributed by atoms with Crippen LogP contribution in [-0.2, 0) is 0 Å². The van der Waals surface area contributed by atoms with E-state index in [0.717, 1.165) is 5.69 Å². The molecule has 0 aromatic carbocycles. The van der Waals surface area contributed by atoms with Crippen molar-refractivity contribution in [1.82, 2.24) is 15.0 Å². The topological polar surface area (TPSA) is 106 Å². The Kier molecular flexibility index (Phi) is 3.44. The lowest BCUT2D eigenvalue weighted by atomic mass is 10.3. The van der Waals surface area contributed by atoms with Crippen LogP contribution in [0.5, 0.6) is 0 Å². The average Bonchev–Trinajstić information content (AvgIpc) is 2.41. The first-order valence-corrected chi connectivity index (χ1v) is 5.22. The Hall–Kier alpha value is -2.54. The number of amides is 1. The molecule has 0 bridgehead atoms. The number of rotatable bonds is 3. The zero-order valence-corrected chi connectivity index (χ0v) is 9.71. The molecule has 18 heavy (non-hydrogen) atoms. The molecule has 2 heterocycles. The Bertz CT molecular complexity index is 571. The van der Waals surface area contributed by atoms with Crippen molar-refractivity contribution in [3.63, 3.8) is 0 Å². The quantitative estimate of drug-likeness (QED) is 0.542. The number of anilines is 2. The number of hydrazine groups is 1. The van der Waals surface area contributed by atoms with Crippen molar-refractivity contribution in [1.29, 1.82) is 0 Å². The van der Waals surface area contributed by atoms with Gasteiger partial charge in [-0.15, -0.1) is 0 Å². The molecule has 0 fully saturated rings. The normalized spacial score (nSPS) is 9.89. The van der Waals surface area contributed by atoms with E-state index in [4.69, 9.17) is 5.84 Å². The van der Waals surface area contributed by atoms with Gasteiger partial charge in [-0.2, -0.15) is 0 Å². The summed E-state index contributed by atoms with van der Waals surface area (Å²) >= 11 is 0. The van der Waals surface area contributed by atoms with Crippen LogP contribution in [0.25, 0.3) is 0 Å². The Morgan fingerprint density at radius 2 is 2.22 bits per heavy atom. The molecule has 2 rings (SSSR count). The number of carbonyl (C=O) groups excluding carboxylic acids is 1. The van der Waals surface area contributed by atoms with Crippen LogP contribution < -0.4 is 16.6 Å². The minimum absolute atomic E-state index is 0.175. The molecule has 4 N–H and O–H groups in total. The third-order valence-corrected chi connectivity index (χ3v) is 2.27. The molecule has 92 valence electrons. The van der Waals surface area contributed by atoms with E-state index in [2.05, 4.69) is 25.7 Å². The first-order chi connectivity index (χ1) is 8.70. The Morgan fingerprint density at radius 3 is 2.94 bits per heavy atom. The maximum atomic E-state index is 11.9. The number of hydrogen-bond donors (Lipinski definition) is 3. The molecule has 1 amide bonds. The zero-order valence-electron chi connectivity index (χ0n) is 9.71. The van der Waals surface area contributed by atoms with Crippen LogP contribution >= 0.6 is 0 Å². The van der Waals surface area contributed by atoms with Gasteiger partial charge in [0.2, 0.25) is 0 Å². The highest BCUT2D eigenvalue weighted by molar-refractivity contribution is 6.03. The predicted molar refractivity (Wildman–Crippen MR) is 66.8 cm³/mol.